The molecular formula is C15H17N3OS. The Hall–Kier alpha value is -2.01. The molecule has 2 heterocycles. The number of nitrogens with zero attached hydrogens (tertiary/aromatic N) is 1. The molecule has 2 aromatic heterocycles. The zero-order valence-electron chi connectivity index (χ0n) is 12.0. The summed E-state index contributed by atoms with van der Waals surface area (Å²) in [7, 11) is 3.58. The van der Waals surface area contributed by atoms with Gasteiger partial charge in [-0.3, -0.25) is 0 Å². The highest BCUT2D eigenvalue weighted by molar-refractivity contribution is 7.16. The molecule has 0 saturated heterocycles. The molecule has 20 heavy (non-hydrogen) atoms. The van der Waals surface area contributed by atoms with Gasteiger partial charge in [-0.15, -0.1) is 11.3 Å². The topological polar surface area (TPSA) is 49.9 Å². The van der Waals surface area contributed by atoms with Crippen LogP contribution in [0.5, 0.6) is 5.75 Å². The third-order valence-electron chi connectivity index (χ3n) is 3.44. The summed E-state index contributed by atoms with van der Waals surface area (Å²) in [6.45, 7) is 4.19. The Balaban J connectivity index is 2.28. The predicted molar refractivity (Wildman–Crippen MR) is 85.0 cm³/mol. The number of thiazole rings is 1. The van der Waals surface area contributed by atoms with Crippen LogP contribution in [0.15, 0.2) is 18.2 Å². The quantitative estimate of drug-likeness (QED) is 0.766. The number of nitrogens with one attached hydrogen (secondary N) is 2. The van der Waals surface area contributed by atoms with Crippen LogP contribution in [0, 0.1) is 13.8 Å². The summed E-state index contributed by atoms with van der Waals surface area (Å²) < 4.78 is 5.33. The number of H-pyrrole nitrogens is 1. The van der Waals surface area contributed by atoms with Crippen LogP contribution in [0.1, 0.15) is 10.6 Å². The number of benzene rings is 1. The van der Waals surface area contributed by atoms with Crippen molar-refractivity contribution in [3.63, 3.8) is 0 Å². The van der Waals surface area contributed by atoms with Crippen molar-refractivity contribution < 1.29 is 4.74 Å². The summed E-state index contributed by atoms with van der Waals surface area (Å²) in [6, 6.07) is 6.08. The summed E-state index contributed by atoms with van der Waals surface area (Å²) >= 11 is 1.67. The molecular weight excluding hydrogens is 270 g/mol. The van der Waals surface area contributed by atoms with E-state index in [2.05, 4.69) is 35.2 Å². The largest absolute Gasteiger partial charge is 0.497 e. The van der Waals surface area contributed by atoms with E-state index in [1.54, 1.807) is 18.4 Å². The molecule has 3 rings (SSSR count). The van der Waals surface area contributed by atoms with Gasteiger partial charge in [-0.1, -0.05) is 0 Å². The zero-order chi connectivity index (χ0) is 14.3. The normalized spacial score (nSPS) is 11.0. The lowest BCUT2D eigenvalue weighted by Crippen LogP contribution is -1.87. The first-order valence-corrected chi connectivity index (χ1v) is 7.27. The van der Waals surface area contributed by atoms with E-state index in [1.165, 1.54) is 4.88 Å². The molecule has 5 heteroatoms. The van der Waals surface area contributed by atoms with Crippen molar-refractivity contribution in [2.24, 2.45) is 0 Å². The van der Waals surface area contributed by atoms with Gasteiger partial charge in [0.1, 0.15) is 5.75 Å². The maximum atomic E-state index is 5.33. The SMILES string of the molecule is CNc1nc(-c2c(C)[nH]c3ccc(OC)cc23)c(C)s1. The van der Waals surface area contributed by atoms with Crippen LogP contribution in [-0.4, -0.2) is 24.1 Å². The number of rotatable bonds is 3. The van der Waals surface area contributed by atoms with Gasteiger partial charge in [-0.05, 0) is 32.0 Å². The first-order valence-electron chi connectivity index (χ1n) is 6.46. The molecule has 0 amide bonds. The summed E-state index contributed by atoms with van der Waals surface area (Å²) in [6.07, 6.45) is 0. The van der Waals surface area contributed by atoms with Crippen molar-refractivity contribution >= 4 is 27.4 Å². The number of anilines is 1. The fourth-order valence-electron chi connectivity index (χ4n) is 2.47. The van der Waals surface area contributed by atoms with Crippen molar-refractivity contribution in [1.29, 1.82) is 0 Å². The van der Waals surface area contributed by atoms with Gasteiger partial charge >= 0.3 is 0 Å². The fraction of sp³-hybridized carbons (Fsp3) is 0.267. The molecule has 0 aliphatic heterocycles. The third-order valence-corrected chi connectivity index (χ3v) is 4.43. The predicted octanol–water partition coefficient (Wildman–Crippen LogP) is 3.96. The summed E-state index contributed by atoms with van der Waals surface area (Å²) in [5.41, 5.74) is 4.44. The Morgan fingerprint density at radius 3 is 2.75 bits per heavy atom. The van der Waals surface area contributed by atoms with Crippen molar-refractivity contribution in [3.05, 3.63) is 28.8 Å². The molecule has 0 unspecified atom stereocenters. The van der Waals surface area contributed by atoms with E-state index in [-0.39, 0.29) is 0 Å². The van der Waals surface area contributed by atoms with Crippen LogP contribution >= 0.6 is 11.3 Å². The number of ether oxygens (including phenoxy) is 1. The Bertz CT molecular complexity index is 773. The number of hydrogen-bond acceptors (Lipinski definition) is 4. The number of aryl methyl sites for hydroxylation is 2. The van der Waals surface area contributed by atoms with Crippen molar-refractivity contribution in [1.82, 2.24) is 9.97 Å². The van der Waals surface area contributed by atoms with Crippen LogP contribution in [0.2, 0.25) is 0 Å². The Kier molecular flexibility index (Phi) is 3.14. The van der Waals surface area contributed by atoms with Crippen molar-refractivity contribution in [2.75, 3.05) is 19.5 Å². The van der Waals surface area contributed by atoms with Crippen LogP contribution in [0.4, 0.5) is 5.13 Å². The Labute approximate surface area is 121 Å². The average molecular weight is 287 g/mol. The summed E-state index contributed by atoms with van der Waals surface area (Å²) in [4.78, 5) is 9.31. The standard InChI is InChI=1S/C15H17N3OS/c1-8-13(14-9(2)20-15(16-3)18-14)11-7-10(19-4)5-6-12(11)17-8/h5-7,17H,1-4H3,(H,16,18). The average Bonchev–Trinajstić information content (AvgIpc) is 2.96. The van der Waals surface area contributed by atoms with Gasteiger partial charge in [0.15, 0.2) is 5.13 Å². The van der Waals surface area contributed by atoms with E-state index < -0.39 is 0 Å². The molecule has 4 nitrogen and oxygen atoms in total. The maximum Gasteiger partial charge on any atom is 0.183 e. The molecule has 0 atom stereocenters. The summed E-state index contributed by atoms with van der Waals surface area (Å²) in [5.74, 6) is 0.861. The molecule has 0 radical (unpaired) electrons. The monoisotopic (exact) mass is 287 g/mol. The van der Waals surface area contributed by atoms with E-state index in [9.17, 15) is 0 Å². The number of hydrogen-bond donors (Lipinski definition) is 2. The fourth-order valence-corrected chi connectivity index (χ4v) is 3.25. The Morgan fingerprint density at radius 2 is 2.10 bits per heavy atom. The minimum atomic E-state index is 0.861. The molecule has 3 aromatic rings. The van der Waals surface area contributed by atoms with Crippen LogP contribution in [0.25, 0.3) is 22.2 Å². The summed E-state index contributed by atoms with van der Waals surface area (Å²) in [5, 5.41) is 5.20. The van der Waals surface area contributed by atoms with E-state index in [1.807, 2.05) is 19.2 Å². The molecule has 0 bridgehead atoms. The van der Waals surface area contributed by atoms with Gasteiger partial charge in [0, 0.05) is 34.1 Å². The highest BCUT2D eigenvalue weighted by atomic mass is 32.1. The lowest BCUT2D eigenvalue weighted by atomic mass is 10.1. The molecule has 104 valence electrons. The highest BCUT2D eigenvalue weighted by Crippen LogP contribution is 2.38. The first-order chi connectivity index (χ1) is 9.63. The van der Waals surface area contributed by atoms with Gasteiger partial charge in [0.2, 0.25) is 0 Å². The van der Waals surface area contributed by atoms with E-state index in [0.717, 1.165) is 38.7 Å². The number of methoxy groups -OCH3 is 1. The first kappa shape index (κ1) is 13.0. The Morgan fingerprint density at radius 1 is 1.30 bits per heavy atom. The highest BCUT2D eigenvalue weighted by Gasteiger charge is 2.17. The second-order valence-electron chi connectivity index (χ2n) is 4.71. The van der Waals surface area contributed by atoms with Crippen molar-refractivity contribution in [3.8, 4) is 17.0 Å². The minimum absolute atomic E-state index is 0.861. The number of fused-ring (bicyclic) bond motifs is 1. The van der Waals surface area contributed by atoms with Gasteiger partial charge < -0.3 is 15.0 Å². The third kappa shape index (κ3) is 1.94. The molecule has 2 N–H and O–H groups in total. The second kappa shape index (κ2) is 4.83. The number of aromatic nitrogens is 2. The van der Waals surface area contributed by atoms with E-state index in [0.29, 0.717) is 0 Å². The van der Waals surface area contributed by atoms with Gasteiger partial charge in [-0.25, -0.2) is 4.98 Å². The van der Waals surface area contributed by atoms with Crippen LogP contribution < -0.4 is 10.1 Å². The van der Waals surface area contributed by atoms with E-state index in [4.69, 9.17) is 4.74 Å². The van der Waals surface area contributed by atoms with Crippen LogP contribution in [0.3, 0.4) is 0 Å². The smallest absolute Gasteiger partial charge is 0.183 e. The van der Waals surface area contributed by atoms with Crippen molar-refractivity contribution in [2.45, 2.75) is 13.8 Å². The second-order valence-corrected chi connectivity index (χ2v) is 5.91. The van der Waals surface area contributed by atoms with Crippen LogP contribution in [-0.2, 0) is 0 Å². The zero-order valence-corrected chi connectivity index (χ0v) is 12.8. The maximum absolute atomic E-state index is 5.33. The lowest BCUT2D eigenvalue weighted by molar-refractivity contribution is 0.415. The van der Waals surface area contributed by atoms with Gasteiger partial charge in [0.05, 0.1) is 12.8 Å². The minimum Gasteiger partial charge on any atom is -0.497 e. The molecule has 0 fully saturated rings. The molecule has 0 aliphatic rings. The van der Waals surface area contributed by atoms with Gasteiger partial charge in [-0.2, -0.15) is 0 Å². The van der Waals surface area contributed by atoms with E-state index >= 15 is 0 Å². The molecule has 0 aliphatic carbocycles. The number of aromatic amines is 1. The van der Waals surface area contributed by atoms with Gasteiger partial charge in [0.25, 0.3) is 0 Å². The molecule has 0 saturated carbocycles. The lowest BCUT2D eigenvalue weighted by Gasteiger charge is -2.02. The molecule has 1 aromatic carbocycles. The molecule has 0 spiro atoms.